The summed E-state index contributed by atoms with van der Waals surface area (Å²) in [4.78, 5) is 22.2. The first-order valence-corrected chi connectivity index (χ1v) is 5.18. The van der Waals surface area contributed by atoms with E-state index in [9.17, 15) is 9.59 Å². The maximum atomic E-state index is 11.5. The van der Waals surface area contributed by atoms with Crippen LogP contribution < -0.4 is 5.82 Å². The number of hydrogen-bond donors (Lipinski definition) is 0. The normalized spacial score (nSPS) is 12.8. The molecular weight excluding hydrogens is 212 g/mol. The van der Waals surface area contributed by atoms with E-state index in [-0.39, 0.29) is 30.2 Å². The Bertz CT molecular complexity index is 412. The smallest absolute Gasteiger partial charge is 0.457 e. The molecule has 0 N–H and O–H groups in total. The number of aryl methyl sites for hydroxylation is 1. The van der Waals surface area contributed by atoms with Crippen molar-refractivity contribution in [3.8, 4) is 0 Å². The van der Waals surface area contributed by atoms with Crippen molar-refractivity contribution < 1.29 is 18.4 Å². The van der Waals surface area contributed by atoms with Crippen LogP contribution >= 0.6 is 0 Å². The zero-order chi connectivity index (χ0) is 12.3. The lowest BCUT2D eigenvalue weighted by atomic mass is 9.99. The standard InChI is InChI=1S/C11H16O5/c1-6(2)7(3)10(12)14-5-9-8(4)15-11(13)16-9/h6-7H,5H2,1-4H3. The molecule has 1 aromatic heterocycles. The summed E-state index contributed by atoms with van der Waals surface area (Å²) in [5.74, 6) is -0.452. The molecule has 1 unspecified atom stereocenters. The molecule has 0 bridgehead atoms. The molecule has 16 heavy (non-hydrogen) atoms. The van der Waals surface area contributed by atoms with Crippen LogP contribution in [0.1, 0.15) is 32.3 Å². The molecule has 0 aliphatic heterocycles. The van der Waals surface area contributed by atoms with Crippen molar-refractivity contribution in [2.45, 2.75) is 34.3 Å². The Morgan fingerprint density at radius 2 is 1.94 bits per heavy atom. The predicted octanol–water partition coefficient (Wildman–Crippen LogP) is 1.88. The van der Waals surface area contributed by atoms with E-state index in [0.717, 1.165) is 0 Å². The van der Waals surface area contributed by atoms with E-state index in [0.29, 0.717) is 5.76 Å². The number of carbonyl (C=O) groups is 1. The second-order valence-corrected chi connectivity index (χ2v) is 4.07. The van der Waals surface area contributed by atoms with Crippen LogP contribution in [0, 0.1) is 18.8 Å². The number of hydrogen-bond acceptors (Lipinski definition) is 5. The van der Waals surface area contributed by atoms with Gasteiger partial charge in [-0.1, -0.05) is 20.8 Å². The Balaban J connectivity index is 2.55. The van der Waals surface area contributed by atoms with Crippen LogP contribution in [0.4, 0.5) is 0 Å². The topological polar surface area (TPSA) is 69.7 Å². The Morgan fingerprint density at radius 1 is 1.31 bits per heavy atom. The van der Waals surface area contributed by atoms with E-state index in [4.69, 9.17) is 9.15 Å². The first-order chi connectivity index (χ1) is 7.41. The molecule has 0 amide bonds. The fraction of sp³-hybridized carbons (Fsp3) is 0.636. The molecule has 0 spiro atoms. The molecule has 0 fully saturated rings. The molecule has 0 aromatic carbocycles. The van der Waals surface area contributed by atoms with E-state index >= 15 is 0 Å². The van der Waals surface area contributed by atoms with Crippen molar-refractivity contribution in [1.29, 1.82) is 0 Å². The summed E-state index contributed by atoms with van der Waals surface area (Å²) in [6.07, 6.45) is 0. The summed E-state index contributed by atoms with van der Waals surface area (Å²) in [5, 5.41) is 0. The van der Waals surface area contributed by atoms with Crippen LogP contribution in [0.15, 0.2) is 13.6 Å². The van der Waals surface area contributed by atoms with Crippen LogP contribution in [-0.4, -0.2) is 5.97 Å². The summed E-state index contributed by atoms with van der Waals surface area (Å²) in [6, 6.07) is 0. The van der Waals surface area contributed by atoms with E-state index < -0.39 is 5.82 Å². The third-order valence-corrected chi connectivity index (χ3v) is 2.55. The fourth-order valence-electron chi connectivity index (χ4n) is 1.05. The van der Waals surface area contributed by atoms with Crippen LogP contribution in [0.3, 0.4) is 0 Å². The van der Waals surface area contributed by atoms with Gasteiger partial charge in [0.2, 0.25) is 0 Å². The maximum absolute atomic E-state index is 11.5. The zero-order valence-corrected chi connectivity index (χ0v) is 9.90. The third-order valence-electron chi connectivity index (χ3n) is 2.55. The van der Waals surface area contributed by atoms with Gasteiger partial charge < -0.3 is 13.6 Å². The van der Waals surface area contributed by atoms with Gasteiger partial charge in [-0.2, -0.15) is 0 Å². The zero-order valence-electron chi connectivity index (χ0n) is 9.90. The largest absolute Gasteiger partial charge is 0.519 e. The average Bonchev–Trinajstić information content (AvgIpc) is 2.52. The summed E-state index contributed by atoms with van der Waals surface area (Å²) in [5.41, 5.74) is 0. The van der Waals surface area contributed by atoms with Crippen molar-refractivity contribution in [2.24, 2.45) is 11.8 Å². The molecule has 1 atom stereocenters. The molecule has 1 heterocycles. The lowest BCUT2D eigenvalue weighted by Gasteiger charge is -2.13. The number of ether oxygens (including phenoxy) is 1. The van der Waals surface area contributed by atoms with E-state index in [2.05, 4.69) is 4.42 Å². The highest BCUT2D eigenvalue weighted by Crippen LogP contribution is 2.13. The first kappa shape index (κ1) is 12.5. The molecule has 1 aromatic rings. The second-order valence-electron chi connectivity index (χ2n) is 4.07. The molecule has 0 saturated heterocycles. The minimum atomic E-state index is -0.777. The van der Waals surface area contributed by atoms with E-state index in [1.54, 1.807) is 13.8 Å². The van der Waals surface area contributed by atoms with Crippen LogP contribution in [0.25, 0.3) is 0 Å². The number of rotatable bonds is 4. The van der Waals surface area contributed by atoms with Gasteiger partial charge in [0.15, 0.2) is 18.1 Å². The molecule has 5 heteroatoms. The highest BCUT2D eigenvalue weighted by atomic mass is 16.6. The van der Waals surface area contributed by atoms with Crippen LogP contribution in [0.5, 0.6) is 0 Å². The maximum Gasteiger partial charge on any atom is 0.519 e. The van der Waals surface area contributed by atoms with Crippen LogP contribution in [0.2, 0.25) is 0 Å². The van der Waals surface area contributed by atoms with Gasteiger partial charge in [-0.15, -0.1) is 0 Å². The molecular formula is C11H16O5. The van der Waals surface area contributed by atoms with Crippen molar-refractivity contribution in [3.63, 3.8) is 0 Å². The molecule has 0 aliphatic carbocycles. The van der Waals surface area contributed by atoms with Crippen LogP contribution in [-0.2, 0) is 16.1 Å². The highest BCUT2D eigenvalue weighted by molar-refractivity contribution is 5.72. The third kappa shape index (κ3) is 2.98. The molecule has 0 saturated carbocycles. The molecule has 0 radical (unpaired) electrons. The average molecular weight is 228 g/mol. The molecule has 90 valence electrons. The summed E-state index contributed by atoms with van der Waals surface area (Å²) in [7, 11) is 0. The number of esters is 1. The number of carbonyl (C=O) groups excluding carboxylic acids is 1. The summed E-state index contributed by atoms with van der Waals surface area (Å²) in [6.45, 7) is 7.20. The molecule has 1 rings (SSSR count). The van der Waals surface area contributed by atoms with Gasteiger partial charge in [0.25, 0.3) is 0 Å². The predicted molar refractivity (Wildman–Crippen MR) is 55.8 cm³/mol. The second kappa shape index (κ2) is 5.01. The van der Waals surface area contributed by atoms with Crippen molar-refractivity contribution in [1.82, 2.24) is 0 Å². The van der Waals surface area contributed by atoms with Gasteiger partial charge in [-0.25, -0.2) is 4.79 Å². The molecule has 0 aliphatic rings. The minimum Gasteiger partial charge on any atom is -0.457 e. The van der Waals surface area contributed by atoms with Gasteiger partial charge in [0.05, 0.1) is 5.92 Å². The first-order valence-electron chi connectivity index (χ1n) is 5.18. The quantitative estimate of drug-likeness (QED) is 0.736. The fourth-order valence-corrected chi connectivity index (χ4v) is 1.05. The van der Waals surface area contributed by atoms with Crippen molar-refractivity contribution >= 4 is 5.97 Å². The van der Waals surface area contributed by atoms with Gasteiger partial charge in [-0.3, -0.25) is 4.79 Å². The van der Waals surface area contributed by atoms with Crippen molar-refractivity contribution in [3.05, 3.63) is 22.1 Å². The summed E-state index contributed by atoms with van der Waals surface area (Å²) >= 11 is 0. The Hall–Kier alpha value is -1.52. The van der Waals surface area contributed by atoms with Gasteiger partial charge in [0, 0.05) is 0 Å². The lowest BCUT2D eigenvalue weighted by molar-refractivity contribution is -0.151. The van der Waals surface area contributed by atoms with Gasteiger partial charge in [-0.05, 0) is 12.8 Å². The molecule has 5 nitrogen and oxygen atoms in total. The monoisotopic (exact) mass is 228 g/mol. The summed E-state index contributed by atoms with van der Waals surface area (Å²) < 4.78 is 14.4. The Labute approximate surface area is 93.4 Å². The Morgan fingerprint density at radius 3 is 2.38 bits per heavy atom. The van der Waals surface area contributed by atoms with Crippen molar-refractivity contribution in [2.75, 3.05) is 0 Å². The minimum absolute atomic E-state index is 0.0620. The van der Waals surface area contributed by atoms with Gasteiger partial charge in [0.1, 0.15) is 0 Å². The van der Waals surface area contributed by atoms with Gasteiger partial charge >= 0.3 is 11.8 Å². The SMILES string of the molecule is Cc1oc(=O)oc1COC(=O)C(C)C(C)C. The highest BCUT2D eigenvalue weighted by Gasteiger charge is 2.19. The van der Waals surface area contributed by atoms with E-state index in [1.165, 1.54) is 0 Å². The van der Waals surface area contributed by atoms with E-state index in [1.807, 2.05) is 13.8 Å². The Kier molecular flexibility index (Phi) is 3.93. The lowest BCUT2D eigenvalue weighted by Crippen LogP contribution is -2.19.